The van der Waals surface area contributed by atoms with Crippen LogP contribution in [0.4, 0.5) is 8.78 Å². The summed E-state index contributed by atoms with van der Waals surface area (Å²) in [6, 6.07) is 4.46. The molecule has 4 nitrogen and oxygen atoms in total. The maximum Gasteiger partial charge on any atom is 0.252 e. The second-order valence-corrected chi connectivity index (χ2v) is 6.51. The minimum absolute atomic E-state index is 0.0529. The lowest BCUT2D eigenvalue weighted by Gasteiger charge is -2.17. The first-order valence-corrected chi connectivity index (χ1v) is 7.25. The van der Waals surface area contributed by atoms with Gasteiger partial charge < -0.3 is 5.73 Å². The molecule has 0 bridgehead atoms. The third kappa shape index (κ3) is 3.47. The Hall–Kier alpha value is -0.570. The molecule has 0 aliphatic rings. The predicted molar refractivity (Wildman–Crippen MR) is 67.9 cm³/mol. The number of hydrogen-bond donors (Lipinski definition) is 1. The van der Waals surface area contributed by atoms with Crippen molar-refractivity contribution >= 4 is 26.0 Å². The molecule has 2 N–H and O–H groups in total. The highest BCUT2D eigenvalue weighted by atomic mass is 79.9. The smallest absolute Gasteiger partial charge is 0.252 e. The fraction of sp³-hybridized carbons (Fsp3) is 0.400. The summed E-state index contributed by atoms with van der Waals surface area (Å²) in [4.78, 5) is -0.0529. The fourth-order valence-corrected chi connectivity index (χ4v) is 3.57. The van der Waals surface area contributed by atoms with Crippen LogP contribution in [-0.2, 0) is 16.6 Å². The van der Waals surface area contributed by atoms with Crippen LogP contribution in [0, 0.1) is 0 Å². The van der Waals surface area contributed by atoms with Gasteiger partial charge in [-0.2, -0.15) is 4.31 Å². The van der Waals surface area contributed by atoms with Crippen LogP contribution < -0.4 is 5.73 Å². The zero-order valence-corrected chi connectivity index (χ0v) is 12.0. The Morgan fingerprint density at radius 3 is 2.50 bits per heavy atom. The molecule has 0 atom stereocenters. The average molecular weight is 343 g/mol. The van der Waals surface area contributed by atoms with Gasteiger partial charge in [-0.1, -0.05) is 6.07 Å². The van der Waals surface area contributed by atoms with E-state index in [-0.39, 0.29) is 11.4 Å². The highest BCUT2D eigenvalue weighted by Crippen LogP contribution is 2.25. The summed E-state index contributed by atoms with van der Waals surface area (Å²) in [5, 5.41) is 0. The molecule has 0 radical (unpaired) electrons. The highest BCUT2D eigenvalue weighted by molar-refractivity contribution is 9.10. The summed E-state index contributed by atoms with van der Waals surface area (Å²) >= 11 is 3.11. The van der Waals surface area contributed by atoms with Gasteiger partial charge in [0.25, 0.3) is 6.43 Å². The number of rotatable bonds is 5. The van der Waals surface area contributed by atoms with Gasteiger partial charge in [0.05, 0.1) is 11.4 Å². The zero-order chi connectivity index (χ0) is 13.9. The quantitative estimate of drug-likeness (QED) is 0.887. The lowest BCUT2D eigenvalue weighted by Crippen LogP contribution is -2.31. The van der Waals surface area contributed by atoms with E-state index in [4.69, 9.17) is 5.73 Å². The van der Waals surface area contributed by atoms with E-state index in [9.17, 15) is 17.2 Å². The van der Waals surface area contributed by atoms with Crippen molar-refractivity contribution in [3.63, 3.8) is 0 Å². The summed E-state index contributed by atoms with van der Waals surface area (Å²) < 4.78 is 49.4. The maximum atomic E-state index is 12.2. The molecule has 0 aliphatic heterocycles. The summed E-state index contributed by atoms with van der Waals surface area (Å²) in [5.41, 5.74) is 6.17. The monoisotopic (exact) mass is 342 g/mol. The summed E-state index contributed by atoms with van der Waals surface area (Å²) in [7, 11) is -2.81. The zero-order valence-electron chi connectivity index (χ0n) is 9.61. The fourth-order valence-electron chi connectivity index (χ4n) is 1.34. The molecule has 1 aromatic rings. The molecule has 1 aromatic carbocycles. The average Bonchev–Trinajstić information content (AvgIpc) is 2.27. The molecule has 102 valence electrons. The van der Waals surface area contributed by atoms with E-state index in [0.717, 1.165) is 12.6 Å². The van der Waals surface area contributed by atoms with Crippen LogP contribution in [-0.4, -0.2) is 32.7 Å². The first-order valence-electron chi connectivity index (χ1n) is 5.02. The summed E-state index contributed by atoms with van der Waals surface area (Å²) in [6.07, 6.45) is -2.72. The molecular formula is C10H13BrF2N2O2S. The molecule has 0 aromatic heterocycles. The molecule has 8 heteroatoms. The molecule has 0 heterocycles. The van der Waals surface area contributed by atoms with Gasteiger partial charge in [0.15, 0.2) is 0 Å². The molecule has 18 heavy (non-hydrogen) atoms. The van der Waals surface area contributed by atoms with Gasteiger partial charge in [-0.05, 0) is 33.6 Å². The normalized spacial score (nSPS) is 12.4. The van der Waals surface area contributed by atoms with Gasteiger partial charge >= 0.3 is 0 Å². The van der Waals surface area contributed by atoms with Gasteiger partial charge in [-0.3, -0.25) is 0 Å². The summed E-state index contributed by atoms with van der Waals surface area (Å²) in [6.45, 7) is -0.570. The van der Waals surface area contributed by atoms with Crippen LogP contribution in [0.1, 0.15) is 5.56 Å². The number of alkyl halides is 2. The molecular weight excluding hydrogens is 330 g/mol. The van der Waals surface area contributed by atoms with Crippen molar-refractivity contribution in [1.82, 2.24) is 4.31 Å². The van der Waals surface area contributed by atoms with Crippen molar-refractivity contribution in [2.24, 2.45) is 5.73 Å². The van der Waals surface area contributed by atoms with E-state index >= 15 is 0 Å². The topological polar surface area (TPSA) is 63.4 Å². The van der Waals surface area contributed by atoms with E-state index in [0.29, 0.717) is 8.78 Å². The number of benzene rings is 1. The third-order valence-corrected chi connectivity index (χ3v) is 5.12. The van der Waals surface area contributed by atoms with Crippen molar-refractivity contribution < 1.29 is 17.2 Å². The van der Waals surface area contributed by atoms with E-state index in [1.165, 1.54) is 6.07 Å². The first-order chi connectivity index (χ1) is 8.28. The van der Waals surface area contributed by atoms with Crippen LogP contribution in [0.2, 0.25) is 0 Å². The maximum absolute atomic E-state index is 12.2. The first kappa shape index (κ1) is 15.5. The van der Waals surface area contributed by atoms with Crippen LogP contribution in [0.5, 0.6) is 0 Å². The second kappa shape index (κ2) is 6.05. The minimum Gasteiger partial charge on any atom is -0.326 e. The Morgan fingerprint density at radius 2 is 2.06 bits per heavy atom. The third-order valence-electron chi connectivity index (χ3n) is 2.32. The van der Waals surface area contributed by atoms with Crippen molar-refractivity contribution in [3.05, 3.63) is 28.2 Å². The van der Waals surface area contributed by atoms with Gasteiger partial charge in [0, 0.05) is 18.1 Å². The predicted octanol–water partition coefficient (Wildman–Crippen LogP) is 1.79. The van der Waals surface area contributed by atoms with Crippen LogP contribution in [0.3, 0.4) is 0 Å². The Morgan fingerprint density at radius 1 is 1.44 bits per heavy atom. The Labute approximate surface area is 113 Å². The number of nitrogens with two attached hydrogens (primary N) is 1. The van der Waals surface area contributed by atoms with Crippen LogP contribution >= 0.6 is 15.9 Å². The molecule has 0 unspecified atom stereocenters. The van der Waals surface area contributed by atoms with Crippen molar-refractivity contribution in [3.8, 4) is 0 Å². The van der Waals surface area contributed by atoms with Gasteiger partial charge in [0.1, 0.15) is 0 Å². The number of sulfonamides is 1. The van der Waals surface area contributed by atoms with Gasteiger partial charge in [-0.15, -0.1) is 0 Å². The van der Waals surface area contributed by atoms with E-state index in [2.05, 4.69) is 15.9 Å². The Kier molecular flexibility index (Phi) is 5.20. The molecule has 0 amide bonds. The van der Waals surface area contributed by atoms with Crippen molar-refractivity contribution in [2.75, 3.05) is 13.6 Å². The van der Waals surface area contributed by atoms with Crippen molar-refractivity contribution in [1.29, 1.82) is 0 Å². The van der Waals surface area contributed by atoms with E-state index in [1.807, 2.05) is 0 Å². The Bertz CT molecular complexity index is 523. The molecule has 0 saturated carbocycles. The SMILES string of the molecule is CN(CC(F)F)S(=O)(=O)c1ccc(CN)cc1Br. The molecule has 0 spiro atoms. The van der Waals surface area contributed by atoms with Crippen LogP contribution in [0.15, 0.2) is 27.6 Å². The molecule has 1 rings (SSSR count). The number of halogens is 3. The molecule has 0 fully saturated rings. The van der Waals surface area contributed by atoms with E-state index < -0.39 is 23.0 Å². The number of hydrogen-bond acceptors (Lipinski definition) is 3. The lowest BCUT2D eigenvalue weighted by atomic mass is 10.2. The van der Waals surface area contributed by atoms with Crippen LogP contribution in [0.25, 0.3) is 0 Å². The van der Waals surface area contributed by atoms with Gasteiger partial charge in [0.2, 0.25) is 10.0 Å². The minimum atomic E-state index is -3.92. The largest absolute Gasteiger partial charge is 0.326 e. The lowest BCUT2D eigenvalue weighted by molar-refractivity contribution is 0.126. The molecule has 0 aliphatic carbocycles. The number of nitrogens with zero attached hydrogens (tertiary/aromatic N) is 1. The summed E-state index contributed by atoms with van der Waals surface area (Å²) in [5.74, 6) is 0. The highest BCUT2D eigenvalue weighted by Gasteiger charge is 2.25. The van der Waals surface area contributed by atoms with Gasteiger partial charge in [-0.25, -0.2) is 17.2 Å². The van der Waals surface area contributed by atoms with Crippen molar-refractivity contribution in [2.45, 2.75) is 17.9 Å². The standard InChI is InChI=1S/C10H13BrF2N2O2S/c1-15(6-10(12)13)18(16,17)9-3-2-7(5-14)4-8(9)11/h2-4,10H,5-6,14H2,1H3. The molecule has 0 saturated heterocycles. The Balaban J connectivity index is 3.12. The van der Waals surface area contributed by atoms with E-state index in [1.54, 1.807) is 12.1 Å². The second-order valence-electron chi connectivity index (χ2n) is 3.65.